The first kappa shape index (κ1) is 13.9. The number of nitrogens with one attached hydrogen (secondary N) is 1. The Kier molecular flexibility index (Phi) is 3.35. The van der Waals surface area contributed by atoms with Crippen LogP contribution in [0.25, 0.3) is 0 Å². The summed E-state index contributed by atoms with van der Waals surface area (Å²) in [5, 5.41) is 2.44. The summed E-state index contributed by atoms with van der Waals surface area (Å²) in [6, 6.07) is 6.17. The van der Waals surface area contributed by atoms with Crippen LogP contribution in [0.2, 0.25) is 0 Å². The van der Waals surface area contributed by atoms with Crippen molar-refractivity contribution in [3.63, 3.8) is 0 Å². The van der Waals surface area contributed by atoms with Crippen molar-refractivity contribution in [2.24, 2.45) is 0 Å². The van der Waals surface area contributed by atoms with Crippen molar-refractivity contribution in [3.05, 3.63) is 23.8 Å². The topological polar surface area (TPSA) is 52.6 Å². The summed E-state index contributed by atoms with van der Waals surface area (Å²) >= 11 is 0. The SMILES string of the molecule is CC(C)c1ccc2c(c1)N(C)CN2[C@@H]1CCC(=O)NC1=O. The molecule has 1 aromatic rings. The van der Waals surface area contributed by atoms with E-state index in [1.165, 1.54) is 5.56 Å². The number of piperidine rings is 1. The number of carbonyl (C=O) groups excluding carboxylic acids is 2. The normalized spacial score (nSPS) is 21.8. The van der Waals surface area contributed by atoms with E-state index < -0.39 is 0 Å². The van der Waals surface area contributed by atoms with Crippen LogP contribution in [0.15, 0.2) is 18.2 Å². The molecule has 0 aromatic heterocycles. The molecule has 3 rings (SSSR count). The lowest BCUT2D eigenvalue weighted by Crippen LogP contribution is -2.53. The molecule has 2 amide bonds. The second kappa shape index (κ2) is 5.06. The highest BCUT2D eigenvalue weighted by molar-refractivity contribution is 6.02. The third-order valence-corrected chi connectivity index (χ3v) is 4.34. The highest BCUT2D eigenvalue weighted by atomic mass is 16.2. The van der Waals surface area contributed by atoms with Gasteiger partial charge in [-0.05, 0) is 30.0 Å². The first-order valence-corrected chi connectivity index (χ1v) is 7.43. The van der Waals surface area contributed by atoms with E-state index in [2.05, 4.69) is 47.2 Å². The first-order chi connectivity index (χ1) is 9.97. The van der Waals surface area contributed by atoms with Crippen molar-refractivity contribution < 1.29 is 9.59 Å². The third kappa shape index (κ3) is 2.37. The Hall–Kier alpha value is -2.04. The lowest BCUT2D eigenvalue weighted by atomic mass is 10.0. The smallest absolute Gasteiger partial charge is 0.249 e. The van der Waals surface area contributed by atoms with Crippen LogP contribution in [-0.2, 0) is 9.59 Å². The van der Waals surface area contributed by atoms with Gasteiger partial charge in [0.2, 0.25) is 11.8 Å². The number of nitrogens with zero attached hydrogens (tertiary/aromatic N) is 2. The van der Waals surface area contributed by atoms with Crippen LogP contribution < -0.4 is 15.1 Å². The lowest BCUT2D eigenvalue weighted by Gasteiger charge is -2.31. The molecule has 0 bridgehead atoms. The zero-order valence-electron chi connectivity index (χ0n) is 12.7. The average molecular weight is 287 g/mol. The van der Waals surface area contributed by atoms with E-state index in [-0.39, 0.29) is 17.9 Å². The fraction of sp³-hybridized carbons (Fsp3) is 0.500. The van der Waals surface area contributed by atoms with E-state index in [9.17, 15) is 9.59 Å². The van der Waals surface area contributed by atoms with Gasteiger partial charge in [0.1, 0.15) is 6.04 Å². The van der Waals surface area contributed by atoms with Gasteiger partial charge in [-0.3, -0.25) is 14.9 Å². The van der Waals surface area contributed by atoms with Crippen LogP contribution in [0, 0.1) is 0 Å². The molecule has 2 aliphatic heterocycles. The molecule has 0 aliphatic carbocycles. The van der Waals surface area contributed by atoms with Crippen molar-refractivity contribution in [1.29, 1.82) is 0 Å². The summed E-state index contributed by atoms with van der Waals surface area (Å²) in [5.41, 5.74) is 3.54. The molecule has 0 unspecified atom stereocenters. The predicted octanol–water partition coefficient (Wildman–Crippen LogP) is 1.83. The van der Waals surface area contributed by atoms with Gasteiger partial charge < -0.3 is 9.80 Å². The second-order valence-electron chi connectivity index (χ2n) is 6.18. The molecule has 0 spiro atoms. The fourth-order valence-electron chi connectivity index (χ4n) is 3.08. The monoisotopic (exact) mass is 287 g/mol. The molecule has 2 aliphatic rings. The molecule has 0 radical (unpaired) electrons. The van der Waals surface area contributed by atoms with Gasteiger partial charge in [-0.2, -0.15) is 0 Å². The predicted molar refractivity (Wildman–Crippen MR) is 82.5 cm³/mol. The number of benzene rings is 1. The Morgan fingerprint density at radius 2 is 2.00 bits per heavy atom. The number of fused-ring (bicyclic) bond motifs is 1. The first-order valence-electron chi connectivity index (χ1n) is 7.43. The Labute approximate surface area is 124 Å². The Morgan fingerprint density at radius 3 is 2.67 bits per heavy atom. The van der Waals surface area contributed by atoms with E-state index in [0.717, 1.165) is 11.4 Å². The van der Waals surface area contributed by atoms with Crippen LogP contribution in [0.5, 0.6) is 0 Å². The molecule has 1 fully saturated rings. The lowest BCUT2D eigenvalue weighted by molar-refractivity contribution is -0.134. The summed E-state index contributed by atoms with van der Waals surface area (Å²) < 4.78 is 0. The summed E-state index contributed by atoms with van der Waals surface area (Å²) in [7, 11) is 2.04. The molecule has 112 valence electrons. The largest absolute Gasteiger partial charge is 0.355 e. The highest BCUT2D eigenvalue weighted by Crippen LogP contribution is 2.39. The Bertz CT molecular complexity index is 597. The van der Waals surface area contributed by atoms with E-state index in [0.29, 0.717) is 25.4 Å². The molecule has 1 saturated heterocycles. The van der Waals surface area contributed by atoms with Crippen molar-refractivity contribution in [2.45, 2.75) is 38.6 Å². The quantitative estimate of drug-likeness (QED) is 0.843. The third-order valence-electron chi connectivity index (χ3n) is 4.34. The van der Waals surface area contributed by atoms with Crippen LogP contribution in [-0.4, -0.2) is 31.6 Å². The van der Waals surface area contributed by atoms with Crippen molar-refractivity contribution in [1.82, 2.24) is 5.32 Å². The minimum atomic E-state index is -0.253. The number of carbonyl (C=O) groups is 2. The number of hydrogen-bond acceptors (Lipinski definition) is 4. The molecular weight excluding hydrogens is 266 g/mol. The average Bonchev–Trinajstić information content (AvgIpc) is 2.75. The van der Waals surface area contributed by atoms with E-state index in [1.807, 2.05) is 7.05 Å². The molecule has 2 heterocycles. The van der Waals surface area contributed by atoms with Gasteiger partial charge >= 0.3 is 0 Å². The molecule has 5 nitrogen and oxygen atoms in total. The minimum absolute atomic E-state index is 0.167. The van der Waals surface area contributed by atoms with E-state index >= 15 is 0 Å². The van der Waals surface area contributed by atoms with Gasteiger partial charge in [0.25, 0.3) is 0 Å². The summed E-state index contributed by atoms with van der Waals surface area (Å²) in [6.07, 6.45) is 1.000. The molecule has 1 aromatic carbocycles. The van der Waals surface area contributed by atoms with Crippen molar-refractivity contribution >= 4 is 23.2 Å². The van der Waals surface area contributed by atoms with Gasteiger partial charge in [0.15, 0.2) is 0 Å². The van der Waals surface area contributed by atoms with Gasteiger partial charge in [0, 0.05) is 13.5 Å². The van der Waals surface area contributed by atoms with Crippen LogP contribution in [0.1, 0.15) is 38.2 Å². The molecule has 1 atom stereocenters. The molecular formula is C16H21N3O2. The van der Waals surface area contributed by atoms with Crippen LogP contribution >= 0.6 is 0 Å². The maximum Gasteiger partial charge on any atom is 0.249 e. The van der Waals surface area contributed by atoms with Crippen molar-refractivity contribution in [2.75, 3.05) is 23.5 Å². The summed E-state index contributed by atoms with van der Waals surface area (Å²) in [5.74, 6) is 0.132. The Morgan fingerprint density at radius 1 is 1.24 bits per heavy atom. The highest BCUT2D eigenvalue weighted by Gasteiger charge is 2.36. The number of rotatable bonds is 2. The Balaban J connectivity index is 1.91. The van der Waals surface area contributed by atoms with Crippen LogP contribution in [0.3, 0.4) is 0 Å². The van der Waals surface area contributed by atoms with Crippen molar-refractivity contribution in [3.8, 4) is 0 Å². The number of hydrogen-bond donors (Lipinski definition) is 1. The molecule has 0 saturated carbocycles. The van der Waals surface area contributed by atoms with Gasteiger partial charge in [-0.25, -0.2) is 0 Å². The van der Waals surface area contributed by atoms with E-state index in [1.54, 1.807) is 0 Å². The van der Waals surface area contributed by atoms with E-state index in [4.69, 9.17) is 0 Å². The van der Waals surface area contributed by atoms with Gasteiger partial charge in [0.05, 0.1) is 18.0 Å². The standard InChI is InChI=1S/C16H21N3O2/c1-10(2)11-4-5-12-14(8-11)18(3)9-19(12)13-6-7-15(20)17-16(13)21/h4-5,8,10,13H,6-7,9H2,1-3H3,(H,17,20,21)/t13-/m1/s1. The number of imide groups is 1. The maximum absolute atomic E-state index is 12.1. The zero-order chi connectivity index (χ0) is 15.1. The van der Waals surface area contributed by atoms with Crippen LogP contribution in [0.4, 0.5) is 11.4 Å². The summed E-state index contributed by atoms with van der Waals surface area (Å²) in [6.45, 7) is 5.03. The van der Waals surface area contributed by atoms with Gasteiger partial charge in [-0.15, -0.1) is 0 Å². The molecule has 5 heteroatoms. The number of amides is 2. The second-order valence-corrected chi connectivity index (χ2v) is 6.18. The maximum atomic E-state index is 12.1. The minimum Gasteiger partial charge on any atom is -0.355 e. The number of anilines is 2. The van der Waals surface area contributed by atoms with Gasteiger partial charge in [-0.1, -0.05) is 19.9 Å². The molecule has 21 heavy (non-hydrogen) atoms. The summed E-state index contributed by atoms with van der Waals surface area (Å²) in [4.78, 5) is 27.6. The fourth-order valence-corrected chi connectivity index (χ4v) is 3.08. The zero-order valence-corrected chi connectivity index (χ0v) is 12.7. The molecule has 1 N–H and O–H groups in total.